The van der Waals surface area contributed by atoms with Crippen LogP contribution in [0, 0.1) is 6.58 Å². The van der Waals surface area contributed by atoms with Crippen LogP contribution < -0.4 is 0 Å². The number of allylic oxidation sites excluding steroid dienone is 3. The van der Waals surface area contributed by atoms with Crippen LogP contribution in [0.1, 0.15) is 5.56 Å². The molecule has 1 aromatic carbocycles. The summed E-state index contributed by atoms with van der Waals surface area (Å²) in [7, 11) is 0. The van der Waals surface area contributed by atoms with E-state index in [9.17, 15) is 0 Å². The normalized spacial score (nSPS) is 11.1. The summed E-state index contributed by atoms with van der Waals surface area (Å²) in [5.74, 6) is 0. The lowest BCUT2D eigenvalue weighted by Crippen LogP contribution is -1.78. The summed E-state index contributed by atoms with van der Waals surface area (Å²) in [6, 6.07) is 8.15. The van der Waals surface area contributed by atoms with Crippen molar-refractivity contribution in [2.24, 2.45) is 0 Å². The molecule has 0 saturated carbocycles. The van der Waals surface area contributed by atoms with Crippen molar-refractivity contribution in [2.45, 2.75) is 6.42 Å². The van der Waals surface area contributed by atoms with Crippen LogP contribution in [0.3, 0.4) is 0 Å². The van der Waals surface area contributed by atoms with Crippen molar-refractivity contribution in [1.29, 1.82) is 0 Å². The van der Waals surface area contributed by atoms with Gasteiger partial charge in [0.25, 0.3) is 0 Å². The average Bonchev–Trinajstić information content (AvgIpc) is 2.65. The number of hydrogen-bond acceptors (Lipinski definition) is 1. The smallest absolute Gasteiger partial charge is 0.133 e. The Bertz CT molecular complexity index is 463. The Hall–Kier alpha value is -1.76. The third-order valence-corrected chi connectivity index (χ3v) is 2.12. The van der Waals surface area contributed by atoms with E-state index in [1.807, 2.05) is 24.3 Å². The van der Waals surface area contributed by atoms with E-state index in [0.717, 1.165) is 17.4 Å². The van der Waals surface area contributed by atoms with Crippen LogP contribution in [-0.2, 0) is 6.42 Å². The largest absolute Gasteiger partial charge is 0.464 e. The molecule has 0 aliphatic carbocycles. The first kappa shape index (κ1) is 8.82. The van der Waals surface area contributed by atoms with E-state index in [1.165, 1.54) is 11.6 Å². The SMILES string of the molecule is [CH]=CC=CCc1ccc2occc2c1. The number of furan rings is 1. The Kier molecular flexibility index (Phi) is 2.50. The second kappa shape index (κ2) is 3.97. The molecule has 1 aromatic heterocycles. The van der Waals surface area contributed by atoms with E-state index in [4.69, 9.17) is 11.0 Å². The first-order valence-corrected chi connectivity index (χ1v) is 4.56. The van der Waals surface area contributed by atoms with Gasteiger partial charge < -0.3 is 4.42 Å². The Labute approximate surface area is 83.4 Å². The minimum atomic E-state index is 0.898. The van der Waals surface area contributed by atoms with Crippen LogP contribution in [0.5, 0.6) is 0 Å². The molecule has 0 saturated heterocycles. The van der Waals surface area contributed by atoms with Crippen molar-refractivity contribution < 1.29 is 4.42 Å². The lowest BCUT2D eigenvalue weighted by atomic mass is 10.1. The first-order valence-electron chi connectivity index (χ1n) is 4.56. The van der Waals surface area contributed by atoms with Crippen molar-refractivity contribution in [3.63, 3.8) is 0 Å². The summed E-state index contributed by atoms with van der Waals surface area (Å²) in [5.41, 5.74) is 2.19. The summed E-state index contributed by atoms with van der Waals surface area (Å²) in [4.78, 5) is 0. The van der Waals surface area contributed by atoms with Gasteiger partial charge in [0.05, 0.1) is 6.26 Å². The third kappa shape index (κ3) is 1.77. The van der Waals surface area contributed by atoms with Crippen molar-refractivity contribution in [2.75, 3.05) is 0 Å². The molecule has 69 valence electrons. The minimum absolute atomic E-state index is 0.898. The zero-order valence-corrected chi connectivity index (χ0v) is 7.81. The number of rotatable bonds is 3. The first-order chi connectivity index (χ1) is 6.90. The van der Waals surface area contributed by atoms with E-state index < -0.39 is 0 Å². The molecule has 14 heavy (non-hydrogen) atoms. The van der Waals surface area contributed by atoms with Gasteiger partial charge in [-0.2, -0.15) is 0 Å². The van der Waals surface area contributed by atoms with E-state index in [2.05, 4.69) is 12.1 Å². The third-order valence-electron chi connectivity index (χ3n) is 2.12. The highest BCUT2D eigenvalue weighted by atomic mass is 16.3. The second-order valence-corrected chi connectivity index (χ2v) is 3.12. The molecule has 0 aliphatic rings. The van der Waals surface area contributed by atoms with Crippen LogP contribution in [0.15, 0.2) is 53.2 Å². The van der Waals surface area contributed by atoms with E-state index >= 15 is 0 Å². The van der Waals surface area contributed by atoms with Crippen LogP contribution in [0.4, 0.5) is 0 Å². The molecule has 0 bridgehead atoms. The van der Waals surface area contributed by atoms with E-state index in [1.54, 1.807) is 6.26 Å². The van der Waals surface area contributed by atoms with Crippen molar-refractivity contribution >= 4 is 11.0 Å². The molecule has 0 spiro atoms. The fourth-order valence-corrected chi connectivity index (χ4v) is 1.43. The fourth-order valence-electron chi connectivity index (χ4n) is 1.43. The topological polar surface area (TPSA) is 13.1 Å². The molecule has 0 amide bonds. The molecule has 2 rings (SSSR count). The lowest BCUT2D eigenvalue weighted by Gasteiger charge is -1.95. The molecule has 1 heteroatoms. The Morgan fingerprint density at radius 2 is 2.21 bits per heavy atom. The van der Waals surface area contributed by atoms with Gasteiger partial charge in [-0.25, -0.2) is 0 Å². The predicted molar refractivity (Wildman–Crippen MR) is 57.9 cm³/mol. The fraction of sp³-hybridized carbons (Fsp3) is 0.0769. The highest BCUT2D eigenvalue weighted by Crippen LogP contribution is 2.17. The molecule has 1 nitrogen and oxygen atoms in total. The van der Waals surface area contributed by atoms with Crippen molar-refractivity contribution in [1.82, 2.24) is 0 Å². The van der Waals surface area contributed by atoms with Crippen molar-refractivity contribution in [3.05, 3.63) is 60.9 Å². The van der Waals surface area contributed by atoms with Gasteiger partial charge in [-0.3, -0.25) is 0 Å². The van der Waals surface area contributed by atoms with Gasteiger partial charge in [-0.1, -0.05) is 30.9 Å². The molecule has 0 unspecified atom stereocenters. The standard InChI is InChI=1S/C13H11O/c1-2-3-4-5-11-6-7-13-12(10-11)8-9-14-13/h1-4,6-10H,5H2. The highest BCUT2D eigenvalue weighted by Gasteiger charge is 1.96. The van der Waals surface area contributed by atoms with Crippen LogP contribution in [0.25, 0.3) is 11.0 Å². The Morgan fingerprint density at radius 3 is 3.07 bits per heavy atom. The molecular weight excluding hydrogens is 172 g/mol. The van der Waals surface area contributed by atoms with Crippen molar-refractivity contribution in [3.8, 4) is 0 Å². The van der Waals surface area contributed by atoms with Gasteiger partial charge in [-0.05, 0) is 30.2 Å². The van der Waals surface area contributed by atoms with E-state index in [-0.39, 0.29) is 0 Å². The number of fused-ring (bicyclic) bond motifs is 1. The maximum atomic E-state index is 5.25. The number of benzene rings is 1. The molecule has 0 fully saturated rings. The summed E-state index contributed by atoms with van der Waals surface area (Å²) < 4.78 is 5.25. The molecule has 1 heterocycles. The van der Waals surface area contributed by atoms with Gasteiger partial charge in [0, 0.05) is 5.39 Å². The lowest BCUT2D eigenvalue weighted by molar-refractivity contribution is 0.616. The number of hydrogen-bond donors (Lipinski definition) is 0. The second-order valence-electron chi connectivity index (χ2n) is 3.12. The average molecular weight is 183 g/mol. The molecule has 0 N–H and O–H groups in total. The molecule has 0 aliphatic heterocycles. The summed E-state index contributed by atoms with van der Waals surface area (Å²) in [5, 5.41) is 1.15. The van der Waals surface area contributed by atoms with Gasteiger partial charge in [0.15, 0.2) is 0 Å². The summed E-state index contributed by atoms with van der Waals surface area (Å²) in [6.07, 6.45) is 8.02. The monoisotopic (exact) mass is 183 g/mol. The Morgan fingerprint density at radius 1 is 1.29 bits per heavy atom. The van der Waals surface area contributed by atoms with E-state index in [0.29, 0.717) is 0 Å². The van der Waals surface area contributed by atoms with Crippen LogP contribution >= 0.6 is 0 Å². The van der Waals surface area contributed by atoms with Crippen LogP contribution in [0.2, 0.25) is 0 Å². The zero-order chi connectivity index (χ0) is 9.80. The summed E-state index contributed by atoms with van der Waals surface area (Å²) in [6.45, 7) is 5.24. The van der Waals surface area contributed by atoms with Crippen LogP contribution in [-0.4, -0.2) is 0 Å². The maximum Gasteiger partial charge on any atom is 0.133 e. The van der Waals surface area contributed by atoms with Gasteiger partial charge in [-0.15, -0.1) is 0 Å². The maximum absolute atomic E-state index is 5.25. The molecular formula is C13H11O. The highest BCUT2D eigenvalue weighted by molar-refractivity contribution is 5.77. The zero-order valence-electron chi connectivity index (χ0n) is 7.81. The quantitative estimate of drug-likeness (QED) is 0.663. The minimum Gasteiger partial charge on any atom is -0.464 e. The molecule has 2 aromatic rings. The van der Waals surface area contributed by atoms with Gasteiger partial charge >= 0.3 is 0 Å². The van der Waals surface area contributed by atoms with Gasteiger partial charge in [0.2, 0.25) is 0 Å². The summed E-state index contributed by atoms with van der Waals surface area (Å²) >= 11 is 0. The molecule has 0 atom stereocenters. The Balaban J connectivity index is 2.25. The molecule has 1 radical (unpaired) electrons. The predicted octanol–water partition coefficient (Wildman–Crippen LogP) is 3.52. The van der Waals surface area contributed by atoms with Gasteiger partial charge in [0.1, 0.15) is 5.58 Å².